The number of barbiturate groups is 1. The van der Waals surface area contributed by atoms with Crippen molar-refractivity contribution in [1.82, 2.24) is 14.4 Å². The van der Waals surface area contributed by atoms with Crippen molar-refractivity contribution in [2.75, 3.05) is 25.5 Å². The van der Waals surface area contributed by atoms with Crippen LogP contribution in [0, 0.1) is 21.4 Å². The number of amides is 4. The molecule has 6 rings (SSSR count). The molecule has 3 atom stereocenters. The summed E-state index contributed by atoms with van der Waals surface area (Å²) in [6, 6.07) is 8.23. The minimum atomic E-state index is -1.66. The molecule has 2 aromatic rings. The lowest BCUT2D eigenvalue weighted by Gasteiger charge is -2.59. The number of aromatic nitrogens is 1. The SMILES string of the molecule is CN1C(=O)N(C)C(=O)C2(Cc3cc([N+](=O)[O-])ccc3N3CC4CC(c5cccc(=O)n5C4)[C@H]32)C1=O. The molecular weight excluding hydrogens is 454 g/mol. The second-order valence-corrected chi connectivity index (χ2v) is 9.93. The molecule has 0 N–H and O–H groups in total. The first kappa shape index (κ1) is 21.5. The van der Waals surface area contributed by atoms with E-state index in [1.165, 1.54) is 32.3 Å². The predicted octanol–water partition coefficient (Wildman–Crippen LogP) is 1.34. The predicted molar refractivity (Wildman–Crippen MR) is 123 cm³/mol. The maximum Gasteiger partial charge on any atom is 0.332 e. The number of carbonyl (C=O) groups is 3. The lowest BCUT2D eigenvalue weighted by molar-refractivity contribution is -0.384. The molecule has 180 valence electrons. The molecule has 4 aliphatic heterocycles. The van der Waals surface area contributed by atoms with Crippen LogP contribution in [0.5, 0.6) is 0 Å². The van der Waals surface area contributed by atoms with Gasteiger partial charge >= 0.3 is 6.03 Å². The molecule has 2 unspecified atom stereocenters. The average Bonchev–Trinajstić information content (AvgIpc) is 2.85. The van der Waals surface area contributed by atoms with Crippen LogP contribution in [0.3, 0.4) is 0 Å². The Morgan fingerprint density at radius 2 is 1.71 bits per heavy atom. The Labute approximate surface area is 199 Å². The summed E-state index contributed by atoms with van der Waals surface area (Å²) in [6.07, 6.45) is 0.625. The number of nitrogens with zero attached hydrogens (tertiary/aromatic N) is 5. The van der Waals surface area contributed by atoms with E-state index in [1.807, 2.05) is 11.0 Å². The van der Waals surface area contributed by atoms with E-state index in [1.54, 1.807) is 16.7 Å². The summed E-state index contributed by atoms with van der Waals surface area (Å²) in [5.41, 5.74) is 0.117. The van der Waals surface area contributed by atoms with Crippen molar-refractivity contribution in [2.45, 2.75) is 31.3 Å². The number of nitro benzene ring substituents is 1. The monoisotopic (exact) mass is 477 g/mol. The van der Waals surface area contributed by atoms with Crippen molar-refractivity contribution in [1.29, 1.82) is 0 Å². The summed E-state index contributed by atoms with van der Waals surface area (Å²) >= 11 is 0. The number of urea groups is 1. The van der Waals surface area contributed by atoms with Crippen molar-refractivity contribution >= 4 is 29.2 Å². The van der Waals surface area contributed by atoms with Crippen LogP contribution in [0.1, 0.15) is 23.6 Å². The quantitative estimate of drug-likeness (QED) is 0.345. The van der Waals surface area contributed by atoms with Gasteiger partial charge in [0, 0.05) is 69.1 Å². The summed E-state index contributed by atoms with van der Waals surface area (Å²) in [5.74, 6) is -1.46. The molecule has 1 aromatic carbocycles. The van der Waals surface area contributed by atoms with Crippen LogP contribution in [-0.2, 0) is 22.6 Å². The second-order valence-electron chi connectivity index (χ2n) is 9.93. The van der Waals surface area contributed by atoms with Gasteiger partial charge in [-0.3, -0.25) is 34.3 Å². The molecule has 35 heavy (non-hydrogen) atoms. The molecule has 5 heterocycles. The molecule has 2 bridgehead atoms. The first-order valence-corrected chi connectivity index (χ1v) is 11.5. The van der Waals surface area contributed by atoms with Crippen molar-refractivity contribution < 1.29 is 19.3 Å². The van der Waals surface area contributed by atoms with Crippen LogP contribution in [0.2, 0.25) is 0 Å². The number of anilines is 1. The molecule has 0 aliphatic carbocycles. The standard InChI is InChI=1S/C24H23N5O6/c1-25-21(31)24(22(32)26(2)23(25)33)10-14-9-15(29(34)35)6-7-17(14)28-12-13-8-16(20(24)28)18-4-3-5-19(30)27(18)11-13/h3-7,9,13,16,20H,8,10-12H2,1-2H3/t13?,16?,20-/m0/s1. The van der Waals surface area contributed by atoms with Crippen LogP contribution >= 0.6 is 0 Å². The van der Waals surface area contributed by atoms with Crippen LogP contribution in [0.15, 0.2) is 41.2 Å². The molecule has 4 aliphatic rings. The highest BCUT2D eigenvalue weighted by Crippen LogP contribution is 2.55. The van der Waals surface area contributed by atoms with E-state index in [0.29, 0.717) is 25.1 Å². The van der Waals surface area contributed by atoms with Crippen molar-refractivity contribution in [2.24, 2.45) is 11.3 Å². The number of nitro groups is 1. The fourth-order valence-corrected chi connectivity index (χ4v) is 6.76. The third-order valence-electron chi connectivity index (χ3n) is 8.17. The van der Waals surface area contributed by atoms with E-state index in [0.717, 1.165) is 21.2 Å². The molecule has 4 amide bonds. The number of hydrogen-bond acceptors (Lipinski definition) is 7. The third-order valence-corrected chi connectivity index (χ3v) is 8.17. The third kappa shape index (κ3) is 2.66. The Bertz CT molecular complexity index is 1380. The van der Waals surface area contributed by atoms with Gasteiger partial charge in [0.05, 0.1) is 11.0 Å². The van der Waals surface area contributed by atoms with E-state index in [4.69, 9.17) is 0 Å². The van der Waals surface area contributed by atoms with Crippen LogP contribution in [0.25, 0.3) is 0 Å². The van der Waals surface area contributed by atoms with Gasteiger partial charge < -0.3 is 9.47 Å². The second kappa shape index (κ2) is 7.00. The van der Waals surface area contributed by atoms with Gasteiger partial charge in [-0.2, -0.15) is 0 Å². The van der Waals surface area contributed by atoms with E-state index in [-0.39, 0.29) is 29.5 Å². The number of hydrogen-bond donors (Lipinski definition) is 0. The number of imide groups is 2. The molecule has 0 saturated carbocycles. The van der Waals surface area contributed by atoms with Crippen LogP contribution < -0.4 is 10.5 Å². The van der Waals surface area contributed by atoms with Crippen LogP contribution in [0.4, 0.5) is 16.2 Å². The number of pyridine rings is 1. The fourth-order valence-electron chi connectivity index (χ4n) is 6.76. The van der Waals surface area contributed by atoms with E-state index < -0.39 is 34.2 Å². The lowest BCUT2D eigenvalue weighted by Crippen LogP contribution is -2.74. The Morgan fingerprint density at radius 1 is 1.00 bits per heavy atom. The van der Waals surface area contributed by atoms with E-state index >= 15 is 0 Å². The molecule has 2 saturated heterocycles. The van der Waals surface area contributed by atoms with Gasteiger partial charge in [0.1, 0.15) is 0 Å². The van der Waals surface area contributed by atoms with Gasteiger partial charge in [-0.15, -0.1) is 0 Å². The highest BCUT2D eigenvalue weighted by Gasteiger charge is 2.66. The zero-order chi connectivity index (χ0) is 24.8. The zero-order valence-electron chi connectivity index (χ0n) is 19.2. The molecule has 11 nitrogen and oxygen atoms in total. The van der Waals surface area contributed by atoms with Gasteiger partial charge in [-0.05, 0) is 30.0 Å². The van der Waals surface area contributed by atoms with Crippen LogP contribution in [-0.4, -0.2) is 63.8 Å². The molecular formula is C24H23N5O6. The zero-order valence-corrected chi connectivity index (χ0v) is 19.2. The van der Waals surface area contributed by atoms with Gasteiger partial charge in [-0.25, -0.2) is 4.79 Å². The maximum absolute atomic E-state index is 13.9. The lowest BCUT2D eigenvalue weighted by atomic mass is 9.60. The van der Waals surface area contributed by atoms with Crippen molar-refractivity contribution in [3.8, 4) is 0 Å². The van der Waals surface area contributed by atoms with Crippen molar-refractivity contribution in [3.63, 3.8) is 0 Å². The first-order valence-electron chi connectivity index (χ1n) is 11.5. The van der Waals surface area contributed by atoms with Gasteiger partial charge in [0.2, 0.25) is 11.8 Å². The summed E-state index contributed by atoms with van der Waals surface area (Å²) in [7, 11) is 2.71. The molecule has 2 fully saturated rings. The number of non-ortho nitro benzene ring substituents is 1. The number of piperidine rings is 1. The largest absolute Gasteiger partial charge is 0.366 e. The Balaban J connectivity index is 1.63. The number of benzene rings is 1. The van der Waals surface area contributed by atoms with Gasteiger partial charge in [-0.1, -0.05) is 6.07 Å². The van der Waals surface area contributed by atoms with Crippen molar-refractivity contribution in [3.05, 3.63) is 68.1 Å². The Kier molecular flexibility index (Phi) is 4.30. The highest BCUT2D eigenvalue weighted by molar-refractivity contribution is 6.20. The average molecular weight is 477 g/mol. The summed E-state index contributed by atoms with van der Waals surface area (Å²) in [4.78, 5) is 68.1. The highest BCUT2D eigenvalue weighted by atomic mass is 16.6. The number of carbonyl (C=O) groups excluding carboxylic acids is 3. The summed E-state index contributed by atoms with van der Waals surface area (Å²) < 4.78 is 1.73. The molecule has 0 radical (unpaired) electrons. The van der Waals surface area contributed by atoms with Gasteiger partial charge in [0.15, 0.2) is 5.41 Å². The topological polar surface area (TPSA) is 126 Å². The molecule has 1 spiro atoms. The van der Waals surface area contributed by atoms with Gasteiger partial charge in [0.25, 0.3) is 11.2 Å². The maximum atomic E-state index is 13.9. The summed E-state index contributed by atoms with van der Waals surface area (Å²) in [6.45, 7) is 1.00. The van der Waals surface area contributed by atoms with E-state index in [9.17, 15) is 29.3 Å². The molecule has 11 heteroatoms. The minimum Gasteiger partial charge on any atom is -0.366 e. The molecule has 1 aromatic heterocycles. The summed E-state index contributed by atoms with van der Waals surface area (Å²) in [5, 5.41) is 11.5. The number of fused-ring (bicyclic) bond motifs is 9. The minimum absolute atomic E-state index is 0.0664. The Hall–Kier alpha value is -4.02. The fraction of sp³-hybridized carbons (Fsp3) is 0.417. The smallest absolute Gasteiger partial charge is 0.332 e. The Morgan fingerprint density at radius 3 is 2.40 bits per heavy atom. The number of rotatable bonds is 1. The van der Waals surface area contributed by atoms with E-state index in [2.05, 4.69) is 0 Å². The first-order chi connectivity index (χ1) is 16.6. The normalized spacial score (nSPS) is 26.4.